The average molecular weight is 155 g/mol. The van der Waals surface area contributed by atoms with Gasteiger partial charge in [-0.2, -0.15) is 5.10 Å². The summed E-state index contributed by atoms with van der Waals surface area (Å²) in [6, 6.07) is 1.79. The van der Waals surface area contributed by atoms with Gasteiger partial charge in [0.05, 0.1) is 6.20 Å². The molecule has 10 heavy (non-hydrogen) atoms. The van der Waals surface area contributed by atoms with Gasteiger partial charge in [0, 0.05) is 0 Å². The second kappa shape index (κ2) is 1.63. The van der Waals surface area contributed by atoms with E-state index in [1.807, 2.05) is 0 Å². The number of rotatable bonds is 0. The van der Waals surface area contributed by atoms with Crippen LogP contribution >= 0.6 is 11.3 Å². The molecule has 0 atom stereocenters. The topological polar surface area (TPSA) is 63.5 Å². The minimum atomic E-state index is 0.128. The summed E-state index contributed by atoms with van der Waals surface area (Å²) in [5, 5.41) is 13.1. The Balaban J connectivity index is 2.95. The molecule has 0 spiro atoms. The highest BCUT2D eigenvalue weighted by Gasteiger charge is 2.06. The van der Waals surface area contributed by atoms with Crippen LogP contribution in [-0.4, -0.2) is 14.7 Å². The molecule has 0 saturated heterocycles. The second-order valence-electron chi connectivity index (χ2n) is 1.87. The SMILES string of the molecule is Nc1c(O)sc2ccnn12. The van der Waals surface area contributed by atoms with Crippen LogP contribution in [0.3, 0.4) is 0 Å². The maximum absolute atomic E-state index is 9.06. The van der Waals surface area contributed by atoms with Gasteiger partial charge < -0.3 is 10.8 Å². The molecule has 0 bridgehead atoms. The van der Waals surface area contributed by atoms with Crippen LogP contribution in [0.2, 0.25) is 0 Å². The largest absolute Gasteiger partial charge is 0.497 e. The third-order valence-corrected chi connectivity index (χ3v) is 2.18. The van der Waals surface area contributed by atoms with Crippen LogP contribution in [0.1, 0.15) is 0 Å². The van der Waals surface area contributed by atoms with Gasteiger partial charge in [-0.15, -0.1) is 0 Å². The van der Waals surface area contributed by atoms with Gasteiger partial charge in [-0.25, -0.2) is 4.52 Å². The van der Waals surface area contributed by atoms with E-state index in [0.717, 1.165) is 4.83 Å². The number of nitrogens with zero attached hydrogens (tertiary/aromatic N) is 2. The Morgan fingerprint density at radius 1 is 1.70 bits per heavy atom. The lowest BCUT2D eigenvalue weighted by Crippen LogP contribution is -1.91. The zero-order valence-electron chi connectivity index (χ0n) is 4.98. The summed E-state index contributed by atoms with van der Waals surface area (Å²) in [7, 11) is 0. The number of fused-ring (bicyclic) bond motifs is 1. The molecule has 0 saturated carbocycles. The van der Waals surface area contributed by atoms with Crippen molar-refractivity contribution in [1.82, 2.24) is 9.61 Å². The summed E-state index contributed by atoms with van der Waals surface area (Å²) in [5.74, 6) is 0.310. The van der Waals surface area contributed by atoms with Gasteiger partial charge >= 0.3 is 0 Å². The number of aromatic nitrogens is 2. The highest BCUT2D eigenvalue weighted by atomic mass is 32.1. The number of anilines is 1. The predicted octanol–water partition coefficient (Wildman–Crippen LogP) is 0.684. The molecule has 0 radical (unpaired) electrons. The lowest BCUT2D eigenvalue weighted by molar-refractivity contribution is 0.491. The number of nitrogen functional groups attached to an aromatic ring is 1. The van der Waals surface area contributed by atoms with Crippen molar-refractivity contribution in [2.75, 3.05) is 5.73 Å². The average Bonchev–Trinajstić information content (AvgIpc) is 2.41. The first-order valence-corrected chi connectivity index (χ1v) is 3.51. The summed E-state index contributed by atoms with van der Waals surface area (Å²) in [6.45, 7) is 0. The van der Waals surface area contributed by atoms with Crippen LogP contribution in [0.4, 0.5) is 5.82 Å². The smallest absolute Gasteiger partial charge is 0.216 e. The van der Waals surface area contributed by atoms with Gasteiger partial charge in [0.25, 0.3) is 0 Å². The van der Waals surface area contributed by atoms with Crippen LogP contribution in [0.5, 0.6) is 5.06 Å². The van der Waals surface area contributed by atoms with Crippen molar-refractivity contribution in [3.63, 3.8) is 0 Å². The highest BCUT2D eigenvalue weighted by Crippen LogP contribution is 2.30. The molecule has 0 fully saturated rings. The van der Waals surface area contributed by atoms with Crippen LogP contribution in [0, 0.1) is 0 Å². The Bertz CT molecular complexity index is 364. The molecule has 2 aromatic heterocycles. The molecule has 4 nitrogen and oxygen atoms in total. The third-order valence-electron chi connectivity index (χ3n) is 1.26. The Morgan fingerprint density at radius 2 is 2.50 bits per heavy atom. The van der Waals surface area contributed by atoms with Gasteiger partial charge in [0.1, 0.15) is 4.83 Å². The van der Waals surface area contributed by atoms with Crippen LogP contribution in [-0.2, 0) is 0 Å². The number of aromatic hydroxyl groups is 1. The number of nitrogens with two attached hydrogens (primary N) is 1. The monoisotopic (exact) mass is 155 g/mol. The van der Waals surface area contributed by atoms with E-state index >= 15 is 0 Å². The Hall–Kier alpha value is -1.23. The second-order valence-corrected chi connectivity index (χ2v) is 2.88. The van der Waals surface area contributed by atoms with Gasteiger partial charge in [-0.3, -0.25) is 0 Å². The quantitative estimate of drug-likeness (QED) is 0.588. The molecule has 0 amide bonds. The van der Waals surface area contributed by atoms with Crippen LogP contribution in [0.15, 0.2) is 12.3 Å². The molecule has 0 aliphatic rings. The minimum absolute atomic E-state index is 0.128. The maximum Gasteiger partial charge on any atom is 0.216 e. The van der Waals surface area contributed by atoms with Crippen molar-refractivity contribution in [2.24, 2.45) is 0 Å². The standard InChI is InChI=1S/C5H5N3OS/c6-4-5(9)10-3-1-2-7-8(3)4/h1-2,9H,6H2. The fraction of sp³-hybridized carbons (Fsp3) is 0. The lowest BCUT2D eigenvalue weighted by atomic mass is 10.7. The molecular weight excluding hydrogens is 150 g/mol. The maximum atomic E-state index is 9.06. The predicted molar refractivity (Wildman–Crippen MR) is 39.1 cm³/mol. The highest BCUT2D eigenvalue weighted by molar-refractivity contribution is 7.19. The summed E-state index contributed by atoms with van der Waals surface area (Å²) < 4.78 is 1.50. The molecule has 2 heterocycles. The van der Waals surface area contributed by atoms with Gasteiger partial charge in [0.2, 0.25) is 5.06 Å². The molecule has 2 rings (SSSR count). The van der Waals surface area contributed by atoms with Crippen LogP contribution < -0.4 is 5.73 Å². The number of hydrogen-bond acceptors (Lipinski definition) is 4. The third kappa shape index (κ3) is 0.522. The Kier molecular flexibility index (Phi) is 0.906. The van der Waals surface area contributed by atoms with Crippen molar-refractivity contribution >= 4 is 22.0 Å². The zero-order chi connectivity index (χ0) is 7.14. The summed E-state index contributed by atoms with van der Waals surface area (Å²) >= 11 is 1.22. The van der Waals surface area contributed by atoms with Crippen molar-refractivity contribution < 1.29 is 5.11 Å². The summed E-state index contributed by atoms with van der Waals surface area (Å²) in [4.78, 5) is 0.856. The van der Waals surface area contributed by atoms with E-state index in [2.05, 4.69) is 5.10 Å². The van der Waals surface area contributed by atoms with Gasteiger partial charge in [-0.05, 0) is 6.07 Å². The number of thiazole rings is 1. The molecule has 0 aromatic carbocycles. The fourth-order valence-electron chi connectivity index (χ4n) is 0.791. The molecule has 3 N–H and O–H groups in total. The molecule has 2 aromatic rings. The van der Waals surface area contributed by atoms with Crippen molar-refractivity contribution in [2.45, 2.75) is 0 Å². The molecule has 0 aliphatic heterocycles. The van der Waals surface area contributed by atoms with E-state index in [-0.39, 0.29) is 5.06 Å². The molecule has 52 valence electrons. The number of hydrogen-bond donors (Lipinski definition) is 2. The Labute approximate surface area is 60.5 Å². The van der Waals surface area contributed by atoms with E-state index in [0.29, 0.717) is 5.82 Å². The van der Waals surface area contributed by atoms with E-state index in [4.69, 9.17) is 10.8 Å². The molecular formula is C5H5N3OS. The molecule has 0 aliphatic carbocycles. The first kappa shape index (κ1) is 5.55. The molecule has 0 unspecified atom stereocenters. The summed E-state index contributed by atoms with van der Waals surface area (Å²) in [6.07, 6.45) is 1.64. The van der Waals surface area contributed by atoms with Crippen molar-refractivity contribution in [1.29, 1.82) is 0 Å². The minimum Gasteiger partial charge on any atom is -0.497 e. The van der Waals surface area contributed by atoms with Crippen LogP contribution in [0.25, 0.3) is 4.83 Å². The molecule has 5 heteroatoms. The van der Waals surface area contributed by atoms with Gasteiger partial charge in [0.15, 0.2) is 5.82 Å². The van der Waals surface area contributed by atoms with E-state index < -0.39 is 0 Å². The normalized spacial score (nSPS) is 10.8. The van der Waals surface area contributed by atoms with Gasteiger partial charge in [-0.1, -0.05) is 11.3 Å². The van der Waals surface area contributed by atoms with Crippen molar-refractivity contribution in [3.8, 4) is 5.06 Å². The first-order valence-electron chi connectivity index (χ1n) is 2.70. The summed E-state index contributed by atoms with van der Waals surface area (Å²) in [5.41, 5.74) is 5.44. The van der Waals surface area contributed by atoms with Crippen molar-refractivity contribution in [3.05, 3.63) is 12.3 Å². The zero-order valence-corrected chi connectivity index (χ0v) is 5.80. The van der Waals surface area contributed by atoms with E-state index in [9.17, 15) is 0 Å². The first-order chi connectivity index (χ1) is 4.79. The lowest BCUT2D eigenvalue weighted by Gasteiger charge is -1.85. The fourth-order valence-corrected chi connectivity index (χ4v) is 1.54. The van der Waals surface area contributed by atoms with E-state index in [1.165, 1.54) is 15.9 Å². The Morgan fingerprint density at radius 3 is 3.20 bits per heavy atom. The van der Waals surface area contributed by atoms with E-state index in [1.54, 1.807) is 12.3 Å².